The van der Waals surface area contributed by atoms with Crippen LogP contribution in [-0.4, -0.2) is 87.8 Å². The van der Waals surface area contributed by atoms with Crippen molar-refractivity contribution in [3.05, 3.63) is 99.8 Å². The quantitative estimate of drug-likeness (QED) is 0.370. The van der Waals surface area contributed by atoms with Gasteiger partial charge >= 0.3 is 6.09 Å². The van der Waals surface area contributed by atoms with Crippen molar-refractivity contribution in [2.75, 3.05) is 13.1 Å². The first kappa shape index (κ1) is 32.7. The van der Waals surface area contributed by atoms with Crippen LogP contribution in [-0.2, 0) is 32.6 Å². The predicted octanol–water partition coefficient (Wildman–Crippen LogP) is 4.70. The average molecular weight is 678 g/mol. The topological polar surface area (TPSA) is 119 Å². The summed E-state index contributed by atoms with van der Waals surface area (Å²) in [5, 5.41) is 10.4. The number of carboxylic acid groups (broad SMARTS) is 1. The number of nitrogens with zero attached hydrogens (tertiary/aromatic N) is 4. The van der Waals surface area contributed by atoms with Gasteiger partial charge in [-0.1, -0.05) is 65.7 Å². The summed E-state index contributed by atoms with van der Waals surface area (Å²) >= 11 is 12.4. The highest BCUT2D eigenvalue weighted by Gasteiger charge is 2.55. The average Bonchev–Trinajstić information content (AvgIpc) is 2.98. The highest BCUT2D eigenvalue weighted by atomic mass is 35.5. The number of carbonyl (C=O) groups excluding carboxylic acids is 2. The molecule has 0 aromatic heterocycles. The van der Waals surface area contributed by atoms with Gasteiger partial charge in [-0.25, -0.2) is 17.6 Å². The second kappa shape index (κ2) is 13.0. The van der Waals surface area contributed by atoms with Gasteiger partial charge in [0.1, 0.15) is 29.0 Å². The maximum absolute atomic E-state index is 14.4. The van der Waals surface area contributed by atoms with Gasteiger partial charge in [-0.3, -0.25) is 14.5 Å². The molecule has 0 spiro atoms. The fourth-order valence-corrected chi connectivity index (χ4v) is 8.16. The van der Waals surface area contributed by atoms with Gasteiger partial charge in [-0.15, -0.1) is 0 Å². The van der Waals surface area contributed by atoms with Crippen LogP contribution in [0.25, 0.3) is 0 Å². The molecule has 238 valence electrons. The van der Waals surface area contributed by atoms with Gasteiger partial charge in [-0.05, 0) is 55.3 Å². The summed E-state index contributed by atoms with van der Waals surface area (Å²) in [6, 6.07) is 14.8. The Hall–Kier alpha value is -3.71. The van der Waals surface area contributed by atoms with Gasteiger partial charge < -0.3 is 14.9 Å². The summed E-state index contributed by atoms with van der Waals surface area (Å²) in [5.41, 5.74) is 1.11. The van der Waals surface area contributed by atoms with Crippen molar-refractivity contribution in [2.24, 2.45) is 0 Å². The molecule has 3 aromatic rings. The van der Waals surface area contributed by atoms with Crippen molar-refractivity contribution in [3.63, 3.8) is 0 Å². The van der Waals surface area contributed by atoms with Gasteiger partial charge in [0.05, 0.1) is 11.6 Å². The number of hydrogen-bond acceptors (Lipinski definition) is 5. The summed E-state index contributed by atoms with van der Waals surface area (Å²) in [6.45, 7) is 2.65. The van der Waals surface area contributed by atoms with E-state index in [1.807, 2.05) is 0 Å². The number of halogens is 3. The molecule has 14 heteroatoms. The molecule has 2 fully saturated rings. The van der Waals surface area contributed by atoms with Crippen LogP contribution in [0.15, 0.2) is 77.7 Å². The minimum Gasteiger partial charge on any atom is -0.465 e. The van der Waals surface area contributed by atoms with E-state index < -0.39 is 58.5 Å². The molecular weight excluding hydrogens is 646 g/mol. The third kappa shape index (κ3) is 6.51. The molecule has 1 N–H and O–H groups in total. The molecule has 2 saturated heterocycles. The Morgan fingerprint density at radius 1 is 0.978 bits per heavy atom. The van der Waals surface area contributed by atoms with E-state index in [2.05, 4.69) is 0 Å². The number of rotatable bonds is 8. The maximum atomic E-state index is 14.4. The zero-order valence-electron chi connectivity index (χ0n) is 24.4. The number of benzene rings is 3. The van der Waals surface area contributed by atoms with E-state index in [0.717, 1.165) is 9.21 Å². The lowest BCUT2D eigenvalue weighted by Gasteiger charge is -2.55. The molecule has 0 bridgehead atoms. The Kier molecular flexibility index (Phi) is 9.41. The lowest BCUT2D eigenvalue weighted by molar-refractivity contribution is -0.171. The second-order valence-corrected chi connectivity index (χ2v) is 13.9. The lowest BCUT2D eigenvalue weighted by Crippen LogP contribution is -2.76. The third-order valence-electron chi connectivity index (χ3n) is 8.07. The monoisotopic (exact) mass is 676 g/mol. The number of amides is 3. The van der Waals surface area contributed by atoms with Crippen molar-refractivity contribution in [2.45, 2.75) is 56.0 Å². The molecule has 2 aliphatic heterocycles. The molecular formula is C31H31Cl2FN4O6S. The summed E-state index contributed by atoms with van der Waals surface area (Å²) in [5.74, 6) is -1.64. The van der Waals surface area contributed by atoms with E-state index in [1.54, 1.807) is 44.2 Å². The molecule has 10 nitrogen and oxygen atoms in total. The van der Waals surface area contributed by atoms with E-state index in [4.69, 9.17) is 23.2 Å². The first-order chi connectivity index (χ1) is 21.3. The predicted molar refractivity (Wildman–Crippen MR) is 166 cm³/mol. The molecule has 3 amide bonds. The van der Waals surface area contributed by atoms with E-state index >= 15 is 0 Å². The molecule has 2 aliphatic rings. The zero-order valence-corrected chi connectivity index (χ0v) is 26.7. The van der Waals surface area contributed by atoms with Crippen LogP contribution in [0.1, 0.15) is 25.0 Å². The van der Waals surface area contributed by atoms with Gasteiger partial charge in [0, 0.05) is 30.6 Å². The van der Waals surface area contributed by atoms with E-state index in [9.17, 15) is 32.3 Å². The van der Waals surface area contributed by atoms with Crippen LogP contribution in [0.3, 0.4) is 0 Å². The standard InChI is InChI=1S/C31H31Cl2FN4O6S/c1-19(2)35-18-28-37(45(43,44)27-13-10-22(32)15-24(27)33)17-26(36(31(41)42)16-21-6-4-3-5-7-21)30(40)38(28)25(29(35)39)14-20-8-11-23(34)12-9-20/h3-13,15,19,25-26,28H,14,16-18H2,1-2H3,(H,41,42). The zero-order chi connectivity index (χ0) is 32.6. The smallest absolute Gasteiger partial charge is 0.408 e. The van der Waals surface area contributed by atoms with Crippen molar-refractivity contribution >= 4 is 51.1 Å². The Labute approximate surface area is 270 Å². The van der Waals surface area contributed by atoms with Crippen LogP contribution >= 0.6 is 23.2 Å². The van der Waals surface area contributed by atoms with Crippen LogP contribution < -0.4 is 0 Å². The molecule has 3 unspecified atom stereocenters. The van der Waals surface area contributed by atoms with Crippen LogP contribution in [0, 0.1) is 5.82 Å². The van der Waals surface area contributed by atoms with Crippen LogP contribution in [0.4, 0.5) is 9.18 Å². The first-order valence-electron chi connectivity index (χ1n) is 14.2. The normalized spacial score (nSPS) is 20.8. The van der Waals surface area contributed by atoms with Gasteiger partial charge in [0.25, 0.3) is 0 Å². The van der Waals surface area contributed by atoms with Crippen LogP contribution in [0.5, 0.6) is 0 Å². The molecule has 5 rings (SSSR count). The Morgan fingerprint density at radius 2 is 1.64 bits per heavy atom. The first-order valence-corrected chi connectivity index (χ1v) is 16.4. The fraction of sp³-hybridized carbons (Fsp3) is 0.323. The number of piperazine rings is 1. The number of hydrogen-bond donors (Lipinski definition) is 1. The molecule has 0 aliphatic carbocycles. The van der Waals surface area contributed by atoms with Gasteiger partial charge in [0.2, 0.25) is 21.8 Å². The molecule has 0 radical (unpaired) electrons. The van der Waals surface area contributed by atoms with E-state index in [-0.39, 0.29) is 40.5 Å². The third-order valence-corrected chi connectivity index (χ3v) is 10.7. The molecule has 3 aromatic carbocycles. The summed E-state index contributed by atoms with van der Waals surface area (Å²) in [6.07, 6.45) is -2.69. The summed E-state index contributed by atoms with van der Waals surface area (Å²) in [7, 11) is -4.50. The van der Waals surface area contributed by atoms with E-state index in [1.165, 1.54) is 52.3 Å². The molecule has 2 heterocycles. The van der Waals surface area contributed by atoms with Crippen molar-refractivity contribution in [3.8, 4) is 0 Å². The van der Waals surface area contributed by atoms with Crippen LogP contribution in [0.2, 0.25) is 10.0 Å². The number of carbonyl (C=O) groups is 3. The minimum absolute atomic E-state index is 0.0569. The Bertz CT molecular complexity index is 1710. The highest BCUT2D eigenvalue weighted by Crippen LogP contribution is 2.36. The Morgan fingerprint density at radius 3 is 2.24 bits per heavy atom. The van der Waals surface area contributed by atoms with Crippen molar-refractivity contribution in [1.29, 1.82) is 0 Å². The van der Waals surface area contributed by atoms with Crippen molar-refractivity contribution in [1.82, 2.24) is 19.0 Å². The summed E-state index contributed by atoms with van der Waals surface area (Å²) in [4.78, 5) is 44.4. The molecule has 0 saturated carbocycles. The second-order valence-electron chi connectivity index (χ2n) is 11.2. The molecule has 45 heavy (non-hydrogen) atoms. The Balaban J connectivity index is 1.66. The SMILES string of the molecule is CC(C)N1CC2N(C(=O)C(N(Cc3ccccc3)C(=O)O)CN2S(=O)(=O)c2ccc(Cl)cc2Cl)C(Cc2ccc(F)cc2)C1=O. The van der Waals surface area contributed by atoms with Gasteiger partial charge in [0.15, 0.2) is 0 Å². The maximum Gasteiger partial charge on any atom is 0.408 e. The van der Waals surface area contributed by atoms with Crippen molar-refractivity contribution < 1.29 is 32.3 Å². The fourth-order valence-electron chi connectivity index (χ4n) is 5.83. The highest BCUT2D eigenvalue weighted by molar-refractivity contribution is 7.89. The number of sulfonamides is 1. The van der Waals surface area contributed by atoms with Gasteiger partial charge in [-0.2, -0.15) is 4.31 Å². The number of fused-ring (bicyclic) bond motifs is 1. The summed E-state index contributed by atoms with van der Waals surface area (Å²) < 4.78 is 43.6. The minimum atomic E-state index is -4.50. The molecule has 3 atom stereocenters. The lowest BCUT2D eigenvalue weighted by atomic mass is 9.96. The largest absolute Gasteiger partial charge is 0.465 e. The van der Waals surface area contributed by atoms with E-state index in [0.29, 0.717) is 11.1 Å².